The fraction of sp³-hybridized carbons (Fsp3) is 0.158. The quantitative estimate of drug-likeness (QED) is 0.688. The number of phenols is 1. The third-order valence-electron chi connectivity index (χ3n) is 3.56. The van der Waals surface area contributed by atoms with E-state index in [1.54, 1.807) is 23.5 Å². The van der Waals surface area contributed by atoms with Gasteiger partial charge in [-0.1, -0.05) is 31.2 Å². The molecule has 0 atom stereocenters. The van der Waals surface area contributed by atoms with Crippen LogP contribution in [0.15, 0.2) is 42.5 Å². The van der Waals surface area contributed by atoms with Gasteiger partial charge in [-0.3, -0.25) is 4.98 Å². The van der Waals surface area contributed by atoms with Gasteiger partial charge in [-0.25, -0.2) is 4.98 Å². The first kappa shape index (κ1) is 15.4. The van der Waals surface area contributed by atoms with E-state index >= 15 is 0 Å². The van der Waals surface area contributed by atoms with Gasteiger partial charge in [0, 0.05) is 11.4 Å². The van der Waals surface area contributed by atoms with Crippen molar-refractivity contribution in [3.8, 4) is 5.75 Å². The van der Waals surface area contributed by atoms with E-state index in [2.05, 4.69) is 35.1 Å². The highest BCUT2D eigenvalue weighted by Gasteiger charge is 2.01. The molecular weight excluding hydrogens is 304 g/mol. The third-order valence-corrected chi connectivity index (χ3v) is 4.54. The Labute approximate surface area is 139 Å². The van der Waals surface area contributed by atoms with Crippen molar-refractivity contribution in [2.75, 3.05) is 0 Å². The molecule has 0 saturated carbocycles. The van der Waals surface area contributed by atoms with Crippen LogP contribution >= 0.6 is 11.3 Å². The fourth-order valence-electron chi connectivity index (χ4n) is 2.30. The number of hydrogen-bond donors (Lipinski definition) is 1. The predicted octanol–water partition coefficient (Wildman–Crippen LogP) is 4.99. The number of allylic oxidation sites excluding steroid dienone is 2. The molecule has 0 radical (unpaired) electrons. The summed E-state index contributed by atoms with van der Waals surface area (Å²) in [5, 5.41) is 10.4. The number of nitrogens with zero attached hydrogens (tertiary/aromatic N) is 2. The van der Waals surface area contributed by atoms with Crippen LogP contribution in [0.5, 0.6) is 5.75 Å². The zero-order valence-electron chi connectivity index (χ0n) is 13.2. The van der Waals surface area contributed by atoms with E-state index in [0.717, 1.165) is 38.6 Å². The van der Waals surface area contributed by atoms with E-state index < -0.39 is 0 Å². The first-order valence-electron chi connectivity index (χ1n) is 7.56. The van der Waals surface area contributed by atoms with Gasteiger partial charge in [0.2, 0.25) is 0 Å². The molecule has 0 bridgehead atoms. The Morgan fingerprint density at radius 2 is 1.91 bits per heavy atom. The van der Waals surface area contributed by atoms with Crippen molar-refractivity contribution in [3.05, 3.63) is 64.4 Å². The van der Waals surface area contributed by atoms with Crippen LogP contribution in [0.4, 0.5) is 0 Å². The molecule has 116 valence electrons. The van der Waals surface area contributed by atoms with Crippen molar-refractivity contribution in [1.82, 2.24) is 9.97 Å². The minimum Gasteiger partial charge on any atom is -0.508 e. The number of aryl methyl sites for hydroxylation is 2. The summed E-state index contributed by atoms with van der Waals surface area (Å²) in [5.74, 6) is 0.273. The van der Waals surface area contributed by atoms with Gasteiger partial charge in [0.1, 0.15) is 10.8 Å². The number of benzene rings is 1. The van der Waals surface area contributed by atoms with Crippen LogP contribution in [0.2, 0.25) is 0 Å². The third kappa shape index (κ3) is 3.66. The largest absolute Gasteiger partial charge is 0.508 e. The zero-order valence-corrected chi connectivity index (χ0v) is 14.0. The molecule has 4 heteroatoms. The SMILES string of the molecule is CCc1ccc(/C=C/C=C/c2nc3ccc(O)cc3s2)c(C)n1. The minimum absolute atomic E-state index is 0.273. The van der Waals surface area contributed by atoms with Gasteiger partial charge in [-0.2, -0.15) is 0 Å². The number of hydrogen-bond acceptors (Lipinski definition) is 4. The molecule has 1 N–H and O–H groups in total. The van der Waals surface area contributed by atoms with Crippen LogP contribution in [0.25, 0.3) is 22.4 Å². The standard InChI is InChI=1S/C19H18N2OS/c1-3-15-9-8-14(13(2)20-15)6-4-5-7-19-21-17-11-10-16(22)12-18(17)23-19/h4-12,22H,3H2,1-2H3/b6-4+,7-5+. The van der Waals surface area contributed by atoms with Crippen LogP contribution in [0.1, 0.15) is 28.9 Å². The van der Waals surface area contributed by atoms with Gasteiger partial charge in [0.15, 0.2) is 0 Å². The highest BCUT2D eigenvalue weighted by Crippen LogP contribution is 2.26. The number of thiazole rings is 1. The number of fused-ring (bicyclic) bond motifs is 1. The van der Waals surface area contributed by atoms with Gasteiger partial charge in [-0.15, -0.1) is 11.3 Å². The van der Waals surface area contributed by atoms with Crippen LogP contribution in [-0.4, -0.2) is 15.1 Å². The molecule has 0 aliphatic rings. The molecule has 3 nitrogen and oxygen atoms in total. The van der Waals surface area contributed by atoms with Crippen molar-refractivity contribution in [3.63, 3.8) is 0 Å². The molecule has 3 aromatic rings. The maximum atomic E-state index is 9.49. The molecule has 23 heavy (non-hydrogen) atoms. The van der Waals surface area contributed by atoms with Gasteiger partial charge in [-0.05, 0) is 49.2 Å². The van der Waals surface area contributed by atoms with Gasteiger partial charge < -0.3 is 5.11 Å². The Morgan fingerprint density at radius 3 is 2.70 bits per heavy atom. The van der Waals surface area contributed by atoms with Crippen molar-refractivity contribution in [1.29, 1.82) is 0 Å². The molecule has 0 fully saturated rings. The van der Waals surface area contributed by atoms with Gasteiger partial charge in [0.05, 0.1) is 10.2 Å². The molecule has 0 aliphatic carbocycles. The van der Waals surface area contributed by atoms with Crippen molar-refractivity contribution in [2.45, 2.75) is 20.3 Å². The second-order valence-corrected chi connectivity index (χ2v) is 6.32. The van der Waals surface area contributed by atoms with Gasteiger partial charge in [0.25, 0.3) is 0 Å². The van der Waals surface area contributed by atoms with Gasteiger partial charge >= 0.3 is 0 Å². The van der Waals surface area contributed by atoms with Crippen molar-refractivity contribution < 1.29 is 5.11 Å². The lowest BCUT2D eigenvalue weighted by atomic mass is 10.1. The molecule has 1 aromatic carbocycles. The Balaban J connectivity index is 1.74. The summed E-state index contributed by atoms with van der Waals surface area (Å²) in [6.45, 7) is 4.14. The first-order chi connectivity index (χ1) is 11.2. The predicted molar refractivity (Wildman–Crippen MR) is 97.7 cm³/mol. The average molecular weight is 322 g/mol. The van der Waals surface area contributed by atoms with E-state index in [4.69, 9.17) is 0 Å². The maximum Gasteiger partial charge on any atom is 0.117 e. The van der Waals surface area contributed by atoms with E-state index in [1.165, 1.54) is 0 Å². The minimum atomic E-state index is 0.273. The van der Waals surface area contributed by atoms with Crippen LogP contribution < -0.4 is 0 Å². The molecule has 2 aromatic heterocycles. The maximum absolute atomic E-state index is 9.49. The Hall–Kier alpha value is -2.46. The normalized spacial score (nSPS) is 11.9. The topological polar surface area (TPSA) is 46.0 Å². The van der Waals surface area contributed by atoms with Crippen LogP contribution in [0.3, 0.4) is 0 Å². The van der Waals surface area contributed by atoms with Crippen LogP contribution in [-0.2, 0) is 6.42 Å². The summed E-state index contributed by atoms with van der Waals surface area (Å²) in [6, 6.07) is 9.40. The monoisotopic (exact) mass is 322 g/mol. The number of phenolic OH excluding ortho intramolecular Hbond substituents is 1. The average Bonchev–Trinajstić information content (AvgIpc) is 2.94. The summed E-state index contributed by atoms with van der Waals surface area (Å²) in [6.07, 6.45) is 8.96. The summed E-state index contributed by atoms with van der Waals surface area (Å²) in [5.41, 5.74) is 4.20. The lowest BCUT2D eigenvalue weighted by Crippen LogP contribution is -1.92. The highest BCUT2D eigenvalue weighted by molar-refractivity contribution is 7.19. The molecule has 0 unspecified atom stereocenters. The molecular formula is C19H18N2OS. The van der Waals surface area contributed by atoms with Crippen molar-refractivity contribution in [2.24, 2.45) is 0 Å². The first-order valence-corrected chi connectivity index (χ1v) is 8.38. The lowest BCUT2D eigenvalue weighted by molar-refractivity contribution is 0.476. The smallest absolute Gasteiger partial charge is 0.117 e. The number of aromatic hydroxyl groups is 1. The Morgan fingerprint density at radius 1 is 1.09 bits per heavy atom. The highest BCUT2D eigenvalue weighted by atomic mass is 32.1. The molecule has 3 rings (SSSR count). The van der Waals surface area contributed by atoms with Crippen LogP contribution in [0, 0.1) is 6.92 Å². The number of rotatable bonds is 4. The van der Waals surface area contributed by atoms with E-state index in [9.17, 15) is 5.11 Å². The van der Waals surface area contributed by atoms with E-state index in [0.29, 0.717) is 0 Å². The summed E-state index contributed by atoms with van der Waals surface area (Å²) in [7, 11) is 0. The molecule has 0 saturated heterocycles. The summed E-state index contributed by atoms with van der Waals surface area (Å²) >= 11 is 1.56. The lowest BCUT2D eigenvalue weighted by Gasteiger charge is -2.01. The fourth-order valence-corrected chi connectivity index (χ4v) is 3.21. The molecule has 0 aliphatic heterocycles. The Kier molecular flexibility index (Phi) is 4.53. The number of pyridine rings is 1. The number of aromatic nitrogens is 2. The zero-order chi connectivity index (χ0) is 16.2. The van der Waals surface area contributed by atoms with Crippen molar-refractivity contribution >= 4 is 33.7 Å². The van der Waals surface area contributed by atoms with E-state index in [-0.39, 0.29) is 5.75 Å². The van der Waals surface area contributed by atoms with E-state index in [1.807, 2.05) is 31.2 Å². The Bertz CT molecular complexity index is 894. The second kappa shape index (κ2) is 6.75. The molecule has 2 heterocycles. The molecule has 0 spiro atoms. The summed E-state index contributed by atoms with van der Waals surface area (Å²) < 4.78 is 0.990. The second-order valence-electron chi connectivity index (χ2n) is 5.25. The molecule has 0 amide bonds. The summed E-state index contributed by atoms with van der Waals surface area (Å²) in [4.78, 5) is 9.07.